The second kappa shape index (κ2) is 49.3. The Bertz CT molecular complexity index is 1180. The first kappa shape index (κ1) is 66.8. The highest BCUT2D eigenvalue weighted by molar-refractivity contribution is 7.47. The van der Waals surface area contributed by atoms with E-state index in [0.29, 0.717) is 23.9 Å². The standard InChI is InChI=1S/C58H115N2O7P/c1-7-10-13-16-19-22-25-27-28-29-30-31-32-33-36-38-41-44-47-50-57(61)59-55(54-66-68(63,64)65-53-52-60(4,5)6)56(49-46-43-40-37-35-26-23-20-17-14-11-8-2)67-58(62)51-48-45-42-39-34-24-21-18-15-12-9-3/h46,49,55-56H,7-45,47-48,50-54H2,1-6H3,(H-,59,61,63,64)/p+1/b49-46+. The van der Waals surface area contributed by atoms with Crippen LogP contribution in [0, 0.1) is 0 Å². The molecular formula is C58H116N2O7P+. The van der Waals surface area contributed by atoms with Gasteiger partial charge in [0, 0.05) is 12.8 Å². The number of esters is 1. The summed E-state index contributed by atoms with van der Waals surface area (Å²) in [5.74, 6) is -0.488. The van der Waals surface area contributed by atoms with Crippen molar-refractivity contribution in [1.29, 1.82) is 0 Å². The maximum Gasteiger partial charge on any atom is 0.472 e. The Balaban J connectivity index is 5.21. The fourth-order valence-electron chi connectivity index (χ4n) is 8.88. The first-order valence-corrected chi connectivity index (χ1v) is 31.0. The van der Waals surface area contributed by atoms with E-state index in [2.05, 4.69) is 26.1 Å². The maximum absolute atomic E-state index is 13.5. The van der Waals surface area contributed by atoms with E-state index in [4.69, 9.17) is 13.8 Å². The van der Waals surface area contributed by atoms with Gasteiger partial charge in [-0.15, -0.1) is 0 Å². The Morgan fingerprint density at radius 1 is 0.500 bits per heavy atom. The summed E-state index contributed by atoms with van der Waals surface area (Å²) >= 11 is 0. The quantitative estimate of drug-likeness (QED) is 0.0205. The van der Waals surface area contributed by atoms with Crippen molar-refractivity contribution in [3.05, 3.63) is 12.2 Å². The molecule has 0 saturated heterocycles. The van der Waals surface area contributed by atoms with Gasteiger partial charge in [0.15, 0.2) is 0 Å². The summed E-state index contributed by atoms with van der Waals surface area (Å²) in [6.45, 7) is 7.04. The normalized spacial score (nSPS) is 13.8. The summed E-state index contributed by atoms with van der Waals surface area (Å²) in [7, 11) is 1.51. The lowest BCUT2D eigenvalue weighted by atomic mass is 10.0. The number of rotatable bonds is 54. The SMILES string of the molecule is CCCCCCCCCCCC/C=C/C(OC(=O)CCCCCCCCCCCCC)C(COP(=O)(O)OCC[N+](C)(C)C)NC(=O)CCCCCCCCCCCCCCCCCCCCC. The number of nitrogens with one attached hydrogen (secondary N) is 1. The molecule has 0 heterocycles. The predicted molar refractivity (Wildman–Crippen MR) is 291 cm³/mol. The van der Waals surface area contributed by atoms with Gasteiger partial charge >= 0.3 is 13.8 Å². The van der Waals surface area contributed by atoms with Gasteiger partial charge in [-0.2, -0.15) is 0 Å². The Morgan fingerprint density at radius 2 is 0.838 bits per heavy atom. The number of hydrogen-bond donors (Lipinski definition) is 2. The van der Waals surface area contributed by atoms with Crippen molar-refractivity contribution in [2.24, 2.45) is 0 Å². The summed E-state index contributed by atoms with van der Waals surface area (Å²) in [4.78, 5) is 37.5. The highest BCUT2D eigenvalue weighted by atomic mass is 31.2. The van der Waals surface area contributed by atoms with Gasteiger partial charge < -0.3 is 19.4 Å². The van der Waals surface area contributed by atoms with Crippen LogP contribution in [0.4, 0.5) is 0 Å². The number of phosphoric acid groups is 1. The van der Waals surface area contributed by atoms with E-state index in [1.807, 2.05) is 33.3 Å². The largest absolute Gasteiger partial charge is 0.472 e. The second-order valence-corrected chi connectivity index (χ2v) is 23.0. The number of ether oxygens (including phenoxy) is 1. The lowest BCUT2D eigenvalue weighted by Gasteiger charge is -2.27. The van der Waals surface area contributed by atoms with Crippen LogP contribution in [0.3, 0.4) is 0 Å². The molecule has 0 aromatic heterocycles. The van der Waals surface area contributed by atoms with Crippen LogP contribution < -0.4 is 5.32 Å². The third-order valence-corrected chi connectivity index (χ3v) is 14.5. The number of quaternary nitrogens is 1. The van der Waals surface area contributed by atoms with E-state index < -0.39 is 20.0 Å². The van der Waals surface area contributed by atoms with Crippen LogP contribution in [0.1, 0.15) is 297 Å². The average Bonchev–Trinajstić information content (AvgIpc) is 3.29. The van der Waals surface area contributed by atoms with Gasteiger partial charge in [0.25, 0.3) is 0 Å². The first-order valence-electron chi connectivity index (χ1n) is 29.5. The lowest BCUT2D eigenvalue weighted by molar-refractivity contribution is -0.870. The van der Waals surface area contributed by atoms with E-state index >= 15 is 0 Å². The minimum absolute atomic E-state index is 0.0455. The van der Waals surface area contributed by atoms with Gasteiger partial charge in [-0.05, 0) is 31.8 Å². The fourth-order valence-corrected chi connectivity index (χ4v) is 9.62. The first-order chi connectivity index (χ1) is 32.9. The van der Waals surface area contributed by atoms with Crippen LogP contribution >= 0.6 is 7.82 Å². The van der Waals surface area contributed by atoms with Gasteiger partial charge in [-0.1, -0.05) is 264 Å². The second-order valence-electron chi connectivity index (χ2n) is 21.5. The van der Waals surface area contributed by atoms with Crippen LogP contribution in [0.2, 0.25) is 0 Å². The molecule has 0 aliphatic carbocycles. The van der Waals surface area contributed by atoms with Gasteiger partial charge in [0.1, 0.15) is 19.3 Å². The molecule has 0 saturated carbocycles. The molecule has 0 aromatic carbocycles. The fraction of sp³-hybridized carbons (Fsp3) is 0.931. The molecule has 10 heteroatoms. The van der Waals surface area contributed by atoms with Crippen LogP contribution in [0.25, 0.3) is 0 Å². The van der Waals surface area contributed by atoms with E-state index in [1.165, 1.54) is 205 Å². The molecule has 3 atom stereocenters. The molecular weight excluding hydrogens is 868 g/mol. The topological polar surface area (TPSA) is 111 Å². The minimum Gasteiger partial charge on any atom is -0.456 e. The molecule has 0 radical (unpaired) electrons. The molecule has 0 aromatic rings. The van der Waals surface area contributed by atoms with Gasteiger partial charge in [0.05, 0.1) is 33.8 Å². The summed E-state index contributed by atoms with van der Waals surface area (Å²) in [6, 6.07) is -0.837. The zero-order valence-electron chi connectivity index (χ0n) is 46.1. The van der Waals surface area contributed by atoms with Crippen molar-refractivity contribution >= 4 is 19.7 Å². The third kappa shape index (κ3) is 49.7. The molecule has 404 valence electrons. The number of hydrogen-bond acceptors (Lipinski definition) is 6. The van der Waals surface area contributed by atoms with Crippen LogP contribution in [-0.2, 0) is 27.9 Å². The molecule has 68 heavy (non-hydrogen) atoms. The molecule has 3 unspecified atom stereocenters. The number of allylic oxidation sites excluding steroid dienone is 1. The van der Waals surface area contributed by atoms with Crippen molar-refractivity contribution in [2.45, 2.75) is 309 Å². The number of likely N-dealkylation sites (N-methyl/N-ethyl adjacent to an activating group) is 1. The molecule has 9 nitrogen and oxygen atoms in total. The summed E-state index contributed by atoms with van der Waals surface area (Å²) in [5, 5.41) is 3.06. The summed E-state index contributed by atoms with van der Waals surface area (Å²) in [6.07, 6.45) is 54.9. The Morgan fingerprint density at radius 3 is 1.21 bits per heavy atom. The number of phosphoric ester groups is 1. The molecule has 2 N–H and O–H groups in total. The van der Waals surface area contributed by atoms with Gasteiger partial charge in [0.2, 0.25) is 5.91 Å². The monoisotopic (exact) mass is 984 g/mol. The Kier molecular flexibility index (Phi) is 48.4. The van der Waals surface area contributed by atoms with Crippen molar-refractivity contribution in [3.63, 3.8) is 0 Å². The molecule has 1 amide bonds. The number of unbranched alkanes of at least 4 members (excludes halogenated alkanes) is 38. The predicted octanol–water partition coefficient (Wildman–Crippen LogP) is 17.6. The van der Waals surface area contributed by atoms with Crippen molar-refractivity contribution in [3.8, 4) is 0 Å². The number of nitrogens with zero attached hydrogens (tertiary/aromatic N) is 1. The van der Waals surface area contributed by atoms with Crippen LogP contribution in [0.5, 0.6) is 0 Å². The smallest absolute Gasteiger partial charge is 0.456 e. The Labute approximate surface area is 422 Å². The molecule has 0 bridgehead atoms. The zero-order chi connectivity index (χ0) is 50.1. The zero-order valence-corrected chi connectivity index (χ0v) is 47.0. The number of carbonyl (C=O) groups is 2. The van der Waals surface area contributed by atoms with Gasteiger partial charge in [-0.25, -0.2) is 4.57 Å². The highest BCUT2D eigenvalue weighted by Crippen LogP contribution is 2.43. The summed E-state index contributed by atoms with van der Waals surface area (Å²) in [5.41, 5.74) is 0. The van der Waals surface area contributed by atoms with E-state index in [1.54, 1.807) is 0 Å². The van der Waals surface area contributed by atoms with Crippen LogP contribution in [0.15, 0.2) is 12.2 Å². The average molecular weight is 985 g/mol. The van der Waals surface area contributed by atoms with E-state index in [0.717, 1.165) is 57.8 Å². The lowest BCUT2D eigenvalue weighted by Crippen LogP contribution is -2.47. The van der Waals surface area contributed by atoms with E-state index in [9.17, 15) is 19.0 Å². The van der Waals surface area contributed by atoms with E-state index in [-0.39, 0.29) is 25.1 Å². The van der Waals surface area contributed by atoms with Gasteiger partial charge in [-0.3, -0.25) is 18.6 Å². The van der Waals surface area contributed by atoms with Crippen LogP contribution in [-0.4, -0.2) is 74.3 Å². The van der Waals surface area contributed by atoms with Crippen molar-refractivity contribution in [2.75, 3.05) is 40.9 Å². The molecule has 0 spiro atoms. The maximum atomic E-state index is 13.5. The molecule has 0 aliphatic rings. The number of amides is 1. The van der Waals surface area contributed by atoms with Crippen molar-refractivity contribution < 1.29 is 37.3 Å². The Hall–Kier alpha value is -1.25. The molecule has 0 rings (SSSR count). The molecule has 0 fully saturated rings. The number of carbonyl (C=O) groups excluding carboxylic acids is 2. The summed E-state index contributed by atoms with van der Waals surface area (Å²) < 4.78 is 30.6. The third-order valence-electron chi connectivity index (χ3n) is 13.5. The molecule has 0 aliphatic heterocycles. The highest BCUT2D eigenvalue weighted by Gasteiger charge is 2.30. The van der Waals surface area contributed by atoms with Crippen molar-refractivity contribution in [1.82, 2.24) is 5.32 Å². The minimum atomic E-state index is -4.43.